The summed E-state index contributed by atoms with van der Waals surface area (Å²) in [7, 11) is 0. The number of carbonyl (C=O) groups excluding carboxylic acids is 1. The number of Topliss-reactive ketones (excluding diaryl/α,β-unsaturated/α-hetero) is 1. The lowest BCUT2D eigenvalue weighted by Crippen LogP contribution is -1.87. The molecule has 0 aromatic carbocycles. The van der Waals surface area contributed by atoms with Gasteiger partial charge in [-0.3, -0.25) is 4.79 Å². The Balaban J connectivity index is 0.00000128. The van der Waals surface area contributed by atoms with Crippen molar-refractivity contribution in [3.63, 3.8) is 0 Å². The lowest BCUT2D eigenvalue weighted by Gasteiger charge is -1.90. The number of carbonyl (C=O) groups is 1. The quantitative estimate of drug-likeness (QED) is 0.876. The molecule has 86 valence electrons. The number of rotatable bonds is 3. The summed E-state index contributed by atoms with van der Waals surface area (Å²) in [5, 5.41) is 2.82. The third-order valence-corrected chi connectivity index (χ3v) is 3.96. The Morgan fingerprint density at radius 2 is 2.25 bits per heavy atom. The Morgan fingerprint density at radius 3 is 2.75 bits per heavy atom. The lowest BCUT2D eigenvalue weighted by atomic mass is 10.3. The Labute approximate surface area is 108 Å². The highest BCUT2D eigenvalue weighted by Crippen LogP contribution is 2.22. The zero-order valence-corrected chi connectivity index (χ0v) is 11.0. The van der Waals surface area contributed by atoms with Crippen LogP contribution >= 0.6 is 35.1 Å². The predicted molar refractivity (Wildman–Crippen MR) is 70.9 cm³/mol. The highest BCUT2D eigenvalue weighted by molar-refractivity contribution is 7.14. The molecule has 2 aromatic heterocycles. The van der Waals surface area contributed by atoms with E-state index >= 15 is 0 Å². The van der Waals surface area contributed by atoms with Gasteiger partial charge in [0.05, 0.1) is 4.88 Å². The van der Waals surface area contributed by atoms with Gasteiger partial charge in [0, 0.05) is 16.7 Å². The molecule has 0 fully saturated rings. The van der Waals surface area contributed by atoms with Crippen LogP contribution in [0.5, 0.6) is 0 Å². The molecule has 2 heterocycles. The third kappa shape index (κ3) is 3.04. The van der Waals surface area contributed by atoms with E-state index < -0.39 is 0 Å². The molecule has 0 saturated heterocycles. The molecule has 0 saturated carbocycles. The van der Waals surface area contributed by atoms with Crippen molar-refractivity contribution in [2.75, 3.05) is 5.73 Å². The van der Waals surface area contributed by atoms with E-state index in [1.807, 2.05) is 17.5 Å². The monoisotopic (exact) mass is 274 g/mol. The molecule has 0 spiro atoms. The molecule has 16 heavy (non-hydrogen) atoms. The standard InChI is InChI=1S/C10H10N2OS2.ClH/c1-6(13)8-3-2-7(15-8)4-10-12-9(11)5-14-10;/h2-3,5H,4,11H2,1H3;1H. The lowest BCUT2D eigenvalue weighted by molar-refractivity contribution is 0.102. The third-order valence-electron chi connectivity index (χ3n) is 1.90. The Kier molecular flexibility index (Phi) is 4.46. The van der Waals surface area contributed by atoms with Crippen LogP contribution in [0.3, 0.4) is 0 Å². The minimum absolute atomic E-state index is 0. The van der Waals surface area contributed by atoms with E-state index in [1.54, 1.807) is 18.3 Å². The fourth-order valence-electron chi connectivity index (χ4n) is 1.22. The number of aromatic nitrogens is 1. The van der Waals surface area contributed by atoms with Crippen LogP contribution in [-0.2, 0) is 6.42 Å². The van der Waals surface area contributed by atoms with Gasteiger partial charge in [0.2, 0.25) is 0 Å². The molecule has 0 aliphatic carbocycles. The maximum atomic E-state index is 11.1. The number of nitrogen functional groups attached to an aromatic ring is 1. The molecule has 0 aliphatic rings. The van der Waals surface area contributed by atoms with Crippen molar-refractivity contribution in [3.8, 4) is 0 Å². The number of anilines is 1. The number of thiazole rings is 1. The second kappa shape index (κ2) is 5.43. The fraction of sp³-hybridized carbons (Fsp3) is 0.200. The van der Waals surface area contributed by atoms with Crippen LogP contribution in [0.2, 0.25) is 0 Å². The molecule has 0 radical (unpaired) electrons. The van der Waals surface area contributed by atoms with Crippen molar-refractivity contribution in [1.29, 1.82) is 0 Å². The molecule has 6 heteroatoms. The van der Waals surface area contributed by atoms with Crippen molar-refractivity contribution in [3.05, 3.63) is 32.3 Å². The van der Waals surface area contributed by atoms with Gasteiger partial charge >= 0.3 is 0 Å². The highest BCUT2D eigenvalue weighted by Gasteiger charge is 2.06. The Bertz CT molecular complexity index is 492. The number of halogens is 1. The number of thiophene rings is 1. The molecule has 0 amide bonds. The van der Waals surface area contributed by atoms with E-state index in [0.717, 1.165) is 21.2 Å². The Hall–Kier alpha value is -0.910. The summed E-state index contributed by atoms with van der Waals surface area (Å²) < 4.78 is 0. The van der Waals surface area contributed by atoms with Crippen molar-refractivity contribution in [2.24, 2.45) is 0 Å². The van der Waals surface area contributed by atoms with Crippen LogP contribution in [0.15, 0.2) is 17.5 Å². The molecule has 2 N–H and O–H groups in total. The smallest absolute Gasteiger partial charge is 0.169 e. The summed E-state index contributed by atoms with van der Waals surface area (Å²) in [4.78, 5) is 17.2. The number of nitrogens with zero attached hydrogens (tertiary/aromatic N) is 1. The van der Waals surface area contributed by atoms with Crippen LogP contribution in [0, 0.1) is 0 Å². The minimum Gasteiger partial charge on any atom is -0.383 e. The zero-order chi connectivity index (χ0) is 10.8. The molecular formula is C10H11ClN2OS2. The van der Waals surface area contributed by atoms with E-state index in [9.17, 15) is 4.79 Å². The first-order valence-electron chi connectivity index (χ1n) is 4.44. The van der Waals surface area contributed by atoms with E-state index in [1.165, 1.54) is 11.3 Å². The van der Waals surface area contributed by atoms with Gasteiger partial charge in [0.1, 0.15) is 10.8 Å². The maximum Gasteiger partial charge on any atom is 0.169 e. The highest BCUT2D eigenvalue weighted by atomic mass is 35.5. The summed E-state index contributed by atoms with van der Waals surface area (Å²) in [6.45, 7) is 1.58. The van der Waals surface area contributed by atoms with Crippen molar-refractivity contribution < 1.29 is 4.79 Å². The number of ketones is 1. The fourth-order valence-corrected chi connectivity index (χ4v) is 2.92. The average Bonchev–Trinajstić information content (AvgIpc) is 2.76. The van der Waals surface area contributed by atoms with Gasteiger partial charge < -0.3 is 5.73 Å². The van der Waals surface area contributed by atoms with Gasteiger partial charge in [-0.05, 0) is 19.1 Å². The molecular weight excluding hydrogens is 264 g/mol. The van der Waals surface area contributed by atoms with Gasteiger partial charge in [-0.15, -0.1) is 35.1 Å². The number of hydrogen-bond acceptors (Lipinski definition) is 5. The minimum atomic E-state index is 0. The molecule has 0 unspecified atom stereocenters. The predicted octanol–water partition coefficient (Wildman–Crippen LogP) is 3.00. The van der Waals surface area contributed by atoms with Crippen LogP contribution in [0.4, 0.5) is 5.82 Å². The number of hydrogen-bond donors (Lipinski definition) is 1. The van der Waals surface area contributed by atoms with Crippen LogP contribution in [-0.4, -0.2) is 10.8 Å². The molecule has 0 atom stereocenters. The summed E-state index contributed by atoms with van der Waals surface area (Å²) >= 11 is 3.07. The zero-order valence-electron chi connectivity index (χ0n) is 8.60. The van der Waals surface area contributed by atoms with Crippen molar-refractivity contribution >= 4 is 46.7 Å². The van der Waals surface area contributed by atoms with Gasteiger partial charge in [0.15, 0.2) is 5.78 Å². The largest absolute Gasteiger partial charge is 0.383 e. The molecule has 2 aromatic rings. The van der Waals surface area contributed by atoms with E-state index in [4.69, 9.17) is 5.73 Å². The van der Waals surface area contributed by atoms with Gasteiger partial charge in [-0.2, -0.15) is 0 Å². The van der Waals surface area contributed by atoms with Gasteiger partial charge in [-0.1, -0.05) is 0 Å². The van der Waals surface area contributed by atoms with Gasteiger partial charge in [0.25, 0.3) is 0 Å². The SMILES string of the molecule is CC(=O)c1ccc(Cc2nc(N)cs2)s1.Cl. The number of nitrogens with two attached hydrogens (primary N) is 1. The first-order chi connectivity index (χ1) is 7.15. The first-order valence-corrected chi connectivity index (χ1v) is 6.14. The topological polar surface area (TPSA) is 56.0 Å². The van der Waals surface area contributed by atoms with Gasteiger partial charge in [-0.25, -0.2) is 4.98 Å². The molecule has 2 rings (SSSR count). The van der Waals surface area contributed by atoms with E-state index in [2.05, 4.69) is 4.98 Å². The summed E-state index contributed by atoms with van der Waals surface area (Å²) in [6, 6.07) is 3.83. The molecule has 3 nitrogen and oxygen atoms in total. The van der Waals surface area contributed by atoms with Crippen LogP contribution in [0.25, 0.3) is 0 Å². The Morgan fingerprint density at radius 1 is 1.50 bits per heavy atom. The summed E-state index contributed by atoms with van der Waals surface area (Å²) in [5.41, 5.74) is 5.53. The molecule has 0 aliphatic heterocycles. The van der Waals surface area contributed by atoms with Crippen LogP contribution in [0.1, 0.15) is 26.5 Å². The molecule has 0 bridgehead atoms. The second-order valence-electron chi connectivity index (χ2n) is 3.17. The van der Waals surface area contributed by atoms with Crippen LogP contribution < -0.4 is 5.73 Å². The maximum absolute atomic E-state index is 11.1. The second-order valence-corrected chi connectivity index (χ2v) is 5.28. The van der Waals surface area contributed by atoms with E-state index in [-0.39, 0.29) is 18.2 Å². The van der Waals surface area contributed by atoms with Crippen molar-refractivity contribution in [1.82, 2.24) is 4.98 Å². The van der Waals surface area contributed by atoms with Crippen molar-refractivity contribution in [2.45, 2.75) is 13.3 Å². The first kappa shape index (κ1) is 13.2. The normalized spacial score (nSPS) is 9.81. The summed E-state index contributed by atoms with van der Waals surface area (Å²) in [5.74, 6) is 0.684. The average molecular weight is 275 g/mol. The summed E-state index contributed by atoms with van der Waals surface area (Å²) in [6.07, 6.45) is 0.764. The van der Waals surface area contributed by atoms with E-state index in [0.29, 0.717) is 5.82 Å².